The number of nitrogens with zero attached hydrogens (tertiary/aromatic N) is 1. The van der Waals surface area contributed by atoms with Crippen molar-refractivity contribution in [2.45, 2.75) is 26.4 Å². The molecule has 1 heterocycles. The maximum Gasteiger partial charge on any atom is 0.355 e. The lowest BCUT2D eigenvalue weighted by atomic mass is 10.0. The van der Waals surface area contributed by atoms with Crippen molar-refractivity contribution in [2.24, 2.45) is 0 Å². The molecule has 6 nitrogen and oxygen atoms in total. The Morgan fingerprint density at radius 2 is 1.80 bits per heavy atom. The van der Waals surface area contributed by atoms with Crippen LogP contribution in [0.2, 0.25) is 0 Å². The van der Waals surface area contributed by atoms with E-state index in [9.17, 15) is 14.9 Å². The van der Waals surface area contributed by atoms with Crippen LogP contribution in [0.4, 0.5) is 5.69 Å². The highest BCUT2D eigenvalue weighted by Gasteiger charge is 2.25. The van der Waals surface area contributed by atoms with Crippen LogP contribution in [0, 0.1) is 10.1 Å². The van der Waals surface area contributed by atoms with Gasteiger partial charge in [0.1, 0.15) is 11.3 Å². The van der Waals surface area contributed by atoms with Gasteiger partial charge in [-0.25, -0.2) is 4.79 Å². The first-order chi connectivity index (χ1) is 11.8. The lowest BCUT2D eigenvalue weighted by molar-refractivity contribution is -0.384. The molecule has 25 heavy (non-hydrogen) atoms. The number of nitro groups is 1. The molecule has 0 saturated carbocycles. The van der Waals surface area contributed by atoms with E-state index in [1.807, 2.05) is 30.3 Å². The molecule has 0 unspecified atom stereocenters. The summed E-state index contributed by atoms with van der Waals surface area (Å²) in [5.74, 6) is -0.495. The molecule has 1 N–H and O–H groups in total. The first-order valence-electron chi connectivity index (χ1n) is 7.85. The van der Waals surface area contributed by atoms with E-state index in [1.54, 1.807) is 26.8 Å². The summed E-state index contributed by atoms with van der Waals surface area (Å²) in [7, 11) is 0. The summed E-state index contributed by atoms with van der Waals surface area (Å²) in [6.07, 6.45) is 0. The molecule has 0 amide bonds. The fourth-order valence-electron chi connectivity index (χ4n) is 2.68. The van der Waals surface area contributed by atoms with Crippen molar-refractivity contribution in [3.63, 3.8) is 0 Å². The van der Waals surface area contributed by atoms with Gasteiger partial charge in [-0.3, -0.25) is 10.1 Å². The topological polar surface area (TPSA) is 85.2 Å². The van der Waals surface area contributed by atoms with Crippen molar-refractivity contribution in [1.29, 1.82) is 0 Å². The number of benzene rings is 2. The molecule has 0 aliphatic heterocycles. The Bertz CT molecular complexity index is 953. The van der Waals surface area contributed by atoms with E-state index in [1.165, 1.54) is 12.1 Å². The van der Waals surface area contributed by atoms with Crippen LogP contribution >= 0.6 is 0 Å². The zero-order valence-electron chi connectivity index (χ0n) is 14.2. The van der Waals surface area contributed by atoms with E-state index in [-0.39, 0.29) is 11.4 Å². The summed E-state index contributed by atoms with van der Waals surface area (Å²) in [5.41, 5.74) is 1.65. The lowest BCUT2D eigenvalue weighted by Gasteiger charge is -2.19. The van der Waals surface area contributed by atoms with E-state index >= 15 is 0 Å². The second-order valence-corrected chi connectivity index (χ2v) is 6.73. The van der Waals surface area contributed by atoms with E-state index in [0.29, 0.717) is 16.5 Å². The van der Waals surface area contributed by atoms with Crippen LogP contribution < -0.4 is 0 Å². The zero-order chi connectivity index (χ0) is 18.2. The van der Waals surface area contributed by atoms with Crippen LogP contribution in [-0.4, -0.2) is 21.5 Å². The summed E-state index contributed by atoms with van der Waals surface area (Å²) in [5, 5.41) is 11.7. The fourth-order valence-corrected chi connectivity index (χ4v) is 2.68. The number of nitro benzene ring substituents is 1. The summed E-state index contributed by atoms with van der Waals surface area (Å²) in [6, 6.07) is 13.8. The molecule has 0 fully saturated rings. The van der Waals surface area contributed by atoms with Crippen LogP contribution in [0.25, 0.3) is 22.0 Å². The quantitative estimate of drug-likeness (QED) is 0.426. The third kappa shape index (κ3) is 3.38. The van der Waals surface area contributed by atoms with Gasteiger partial charge >= 0.3 is 5.97 Å². The third-order valence-electron chi connectivity index (χ3n) is 3.66. The van der Waals surface area contributed by atoms with Gasteiger partial charge in [-0.1, -0.05) is 30.3 Å². The maximum absolute atomic E-state index is 12.7. The van der Waals surface area contributed by atoms with Crippen molar-refractivity contribution in [2.75, 3.05) is 0 Å². The van der Waals surface area contributed by atoms with E-state index in [2.05, 4.69) is 4.98 Å². The van der Waals surface area contributed by atoms with Gasteiger partial charge in [0.05, 0.1) is 4.92 Å². The van der Waals surface area contributed by atoms with Crippen LogP contribution in [0.15, 0.2) is 48.5 Å². The van der Waals surface area contributed by atoms with Crippen molar-refractivity contribution < 1.29 is 14.5 Å². The Hall–Kier alpha value is -3.15. The number of esters is 1. The van der Waals surface area contributed by atoms with Crippen LogP contribution in [0.1, 0.15) is 31.3 Å². The molecule has 0 saturated heterocycles. The third-order valence-corrected chi connectivity index (χ3v) is 3.66. The second kappa shape index (κ2) is 6.05. The summed E-state index contributed by atoms with van der Waals surface area (Å²) in [4.78, 5) is 26.4. The minimum absolute atomic E-state index is 0.0283. The molecule has 2 aromatic carbocycles. The number of H-pyrrole nitrogens is 1. The van der Waals surface area contributed by atoms with Crippen LogP contribution in [-0.2, 0) is 4.74 Å². The molecule has 3 aromatic rings. The number of carbonyl (C=O) groups excluding carboxylic acids is 1. The lowest BCUT2D eigenvalue weighted by Crippen LogP contribution is -2.24. The molecule has 0 radical (unpaired) electrons. The van der Waals surface area contributed by atoms with Crippen molar-refractivity contribution in [1.82, 2.24) is 4.98 Å². The molecule has 0 aliphatic rings. The molecular formula is C19H18N2O4. The number of fused-ring (bicyclic) bond motifs is 1. The average Bonchev–Trinajstić information content (AvgIpc) is 2.92. The summed E-state index contributed by atoms with van der Waals surface area (Å²) in [6.45, 7) is 5.38. The molecule has 1 aromatic heterocycles. The molecule has 0 spiro atoms. The SMILES string of the molecule is CC(C)(C)OC(=O)c1[nH]c2ccc([N+](=O)[O-])cc2c1-c1ccccc1. The number of carbonyl (C=O) groups is 1. The highest BCUT2D eigenvalue weighted by Crippen LogP contribution is 2.35. The van der Waals surface area contributed by atoms with Gasteiger partial charge in [0.25, 0.3) is 5.69 Å². The zero-order valence-corrected chi connectivity index (χ0v) is 14.2. The van der Waals surface area contributed by atoms with Crippen molar-refractivity contribution in [3.05, 3.63) is 64.3 Å². The average molecular weight is 338 g/mol. The highest BCUT2D eigenvalue weighted by atomic mass is 16.6. The molecule has 6 heteroatoms. The Morgan fingerprint density at radius 1 is 1.12 bits per heavy atom. The number of aromatic amines is 1. The molecule has 0 atom stereocenters. The predicted molar refractivity (Wildman–Crippen MR) is 95.6 cm³/mol. The number of ether oxygens (including phenoxy) is 1. The largest absolute Gasteiger partial charge is 0.455 e. The molecule has 0 aliphatic carbocycles. The fraction of sp³-hybridized carbons (Fsp3) is 0.211. The molecule has 128 valence electrons. The van der Waals surface area contributed by atoms with Gasteiger partial charge in [-0.15, -0.1) is 0 Å². The standard InChI is InChI=1S/C19H18N2O4/c1-19(2,3)25-18(22)17-16(12-7-5-4-6-8-12)14-11-13(21(23)24)9-10-15(14)20-17/h4-11,20H,1-3H3. The number of nitrogens with one attached hydrogen (secondary N) is 1. The Labute approximate surface area is 144 Å². The number of hydrogen-bond acceptors (Lipinski definition) is 4. The normalized spacial score (nSPS) is 11.5. The maximum atomic E-state index is 12.7. The second-order valence-electron chi connectivity index (χ2n) is 6.73. The van der Waals surface area contributed by atoms with Gasteiger partial charge in [-0.05, 0) is 32.4 Å². The molecule has 0 bridgehead atoms. The summed E-state index contributed by atoms with van der Waals surface area (Å²) < 4.78 is 5.49. The van der Waals surface area contributed by atoms with Gasteiger partial charge in [0.15, 0.2) is 0 Å². The molecular weight excluding hydrogens is 320 g/mol. The van der Waals surface area contributed by atoms with Crippen molar-refractivity contribution in [3.8, 4) is 11.1 Å². The first kappa shape index (κ1) is 16.7. The monoisotopic (exact) mass is 338 g/mol. The van der Waals surface area contributed by atoms with Gasteiger partial charge < -0.3 is 9.72 Å². The Balaban J connectivity index is 2.26. The van der Waals surface area contributed by atoms with Gasteiger partial charge in [0.2, 0.25) is 0 Å². The first-order valence-corrected chi connectivity index (χ1v) is 7.85. The Morgan fingerprint density at radius 3 is 2.40 bits per heavy atom. The predicted octanol–water partition coefficient (Wildman–Crippen LogP) is 4.70. The minimum Gasteiger partial charge on any atom is -0.455 e. The number of rotatable bonds is 3. The highest BCUT2D eigenvalue weighted by molar-refractivity contribution is 6.08. The van der Waals surface area contributed by atoms with Crippen LogP contribution in [0.5, 0.6) is 0 Å². The number of non-ortho nitro benzene ring substituents is 1. The smallest absolute Gasteiger partial charge is 0.355 e. The minimum atomic E-state index is -0.645. The number of hydrogen-bond donors (Lipinski definition) is 1. The van der Waals surface area contributed by atoms with E-state index in [4.69, 9.17) is 4.74 Å². The van der Waals surface area contributed by atoms with Crippen LogP contribution in [0.3, 0.4) is 0 Å². The van der Waals surface area contributed by atoms with Crippen molar-refractivity contribution >= 4 is 22.6 Å². The summed E-state index contributed by atoms with van der Waals surface area (Å²) >= 11 is 0. The number of aromatic nitrogens is 1. The van der Waals surface area contributed by atoms with Gasteiger partial charge in [0, 0.05) is 28.6 Å². The van der Waals surface area contributed by atoms with E-state index in [0.717, 1.165) is 5.56 Å². The molecule has 3 rings (SSSR count). The van der Waals surface area contributed by atoms with E-state index < -0.39 is 16.5 Å². The van der Waals surface area contributed by atoms with Gasteiger partial charge in [-0.2, -0.15) is 0 Å². The Kier molecular flexibility index (Phi) is 4.04.